The lowest BCUT2D eigenvalue weighted by atomic mass is 10.0. The van der Waals surface area contributed by atoms with Crippen LogP contribution in [0.2, 0.25) is 0 Å². The average molecular weight is 347 g/mol. The van der Waals surface area contributed by atoms with Gasteiger partial charge in [0.15, 0.2) is 0 Å². The molecule has 128 valence electrons. The van der Waals surface area contributed by atoms with E-state index in [1.54, 1.807) is 12.1 Å². The Hall–Kier alpha value is -2.18. The number of sulfonamides is 1. The number of hydrogen-bond acceptors (Lipinski definition) is 3. The smallest absolute Gasteiger partial charge is 0.335 e. The van der Waals surface area contributed by atoms with Crippen molar-refractivity contribution in [3.63, 3.8) is 0 Å². The number of aromatic carboxylic acids is 1. The number of benzene rings is 2. The maximum atomic E-state index is 12.5. The van der Waals surface area contributed by atoms with Gasteiger partial charge >= 0.3 is 5.97 Å². The lowest BCUT2D eigenvalue weighted by Gasteiger charge is -2.20. The Morgan fingerprint density at radius 2 is 1.67 bits per heavy atom. The van der Waals surface area contributed by atoms with E-state index in [1.165, 1.54) is 23.5 Å². The van der Waals surface area contributed by atoms with Crippen molar-refractivity contribution in [3.8, 4) is 0 Å². The van der Waals surface area contributed by atoms with E-state index >= 15 is 0 Å². The summed E-state index contributed by atoms with van der Waals surface area (Å²) in [6, 6.07) is 15.8. The molecule has 0 radical (unpaired) electrons. The van der Waals surface area contributed by atoms with Crippen molar-refractivity contribution >= 4 is 16.0 Å². The van der Waals surface area contributed by atoms with Crippen LogP contribution in [0.15, 0.2) is 54.6 Å². The first-order valence-electron chi connectivity index (χ1n) is 7.61. The van der Waals surface area contributed by atoms with Gasteiger partial charge in [0.1, 0.15) is 0 Å². The fourth-order valence-corrected chi connectivity index (χ4v) is 3.85. The van der Waals surface area contributed by atoms with Gasteiger partial charge in [-0.3, -0.25) is 0 Å². The first kappa shape index (κ1) is 18.2. The van der Waals surface area contributed by atoms with Gasteiger partial charge in [0.25, 0.3) is 0 Å². The lowest BCUT2D eigenvalue weighted by molar-refractivity contribution is 0.0697. The van der Waals surface area contributed by atoms with Gasteiger partial charge in [-0.2, -0.15) is 0 Å². The van der Waals surface area contributed by atoms with E-state index in [0.29, 0.717) is 0 Å². The fraction of sp³-hybridized carbons (Fsp3) is 0.278. The summed E-state index contributed by atoms with van der Waals surface area (Å²) in [4.78, 5) is 10.8. The molecule has 2 aromatic rings. The molecule has 0 heterocycles. The molecule has 0 spiro atoms. The maximum Gasteiger partial charge on any atom is 0.335 e. The Morgan fingerprint density at radius 1 is 1.08 bits per heavy atom. The third kappa shape index (κ3) is 4.66. The van der Waals surface area contributed by atoms with E-state index in [0.717, 1.165) is 11.1 Å². The van der Waals surface area contributed by atoms with Crippen LogP contribution in [0.5, 0.6) is 0 Å². The van der Waals surface area contributed by atoms with Gasteiger partial charge in [-0.1, -0.05) is 49.4 Å². The first-order valence-corrected chi connectivity index (χ1v) is 9.21. The van der Waals surface area contributed by atoms with Crippen LogP contribution in [0.1, 0.15) is 34.3 Å². The van der Waals surface area contributed by atoms with Gasteiger partial charge in [0.05, 0.1) is 11.3 Å². The average Bonchev–Trinajstić information content (AvgIpc) is 2.55. The third-order valence-electron chi connectivity index (χ3n) is 3.91. The Balaban J connectivity index is 2.04. The zero-order valence-electron chi connectivity index (χ0n) is 13.7. The largest absolute Gasteiger partial charge is 0.478 e. The molecular formula is C18H21NO4S. The van der Waals surface area contributed by atoms with Crippen LogP contribution in [-0.4, -0.2) is 36.6 Å². The summed E-state index contributed by atoms with van der Waals surface area (Å²) >= 11 is 0. The molecule has 0 amide bonds. The standard InChI is InChI=1S/C18H21NO4S/c1-14(16-6-4-3-5-7-16)13-24(22,23)19(2)12-15-8-10-17(11-9-15)18(20)21/h3-11,14H,12-13H2,1-2H3,(H,20,21). The van der Waals surface area contributed by atoms with E-state index in [-0.39, 0.29) is 23.8 Å². The Bertz CT molecular complexity index is 786. The van der Waals surface area contributed by atoms with E-state index in [2.05, 4.69) is 0 Å². The minimum absolute atomic E-state index is 0.0285. The Morgan fingerprint density at radius 3 is 2.21 bits per heavy atom. The number of carbonyl (C=O) groups is 1. The van der Waals surface area contributed by atoms with Crippen molar-refractivity contribution in [2.24, 2.45) is 0 Å². The summed E-state index contributed by atoms with van der Waals surface area (Å²) in [5.41, 5.74) is 1.92. The lowest BCUT2D eigenvalue weighted by Crippen LogP contribution is -2.30. The van der Waals surface area contributed by atoms with Crippen LogP contribution < -0.4 is 0 Å². The molecule has 0 fully saturated rings. The summed E-state index contributed by atoms with van der Waals surface area (Å²) in [6.45, 7) is 2.10. The molecular weight excluding hydrogens is 326 g/mol. The third-order valence-corrected chi connectivity index (χ3v) is 5.91. The Kier molecular flexibility index (Phi) is 5.75. The SMILES string of the molecule is CC(CS(=O)(=O)N(C)Cc1ccc(C(=O)O)cc1)c1ccccc1. The van der Waals surface area contributed by atoms with Crippen molar-refractivity contribution < 1.29 is 18.3 Å². The molecule has 0 saturated carbocycles. The topological polar surface area (TPSA) is 74.7 Å². The predicted molar refractivity (Wildman–Crippen MR) is 93.5 cm³/mol. The number of nitrogens with zero attached hydrogens (tertiary/aromatic N) is 1. The molecule has 0 saturated heterocycles. The van der Waals surface area contributed by atoms with Crippen molar-refractivity contribution in [1.82, 2.24) is 4.31 Å². The van der Waals surface area contributed by atoms with Crippen molar-refractivity contribution in [2.45, 2.75) is 19.4 Å². The molecule has 2 aromatic carbocycles. The van der Waals surface area contributed by atoms with Crippen LogP contribution in [-0.2, 0) is 16.6 Å². The summed E-state index contributed by atoms with van der Waals surface area (Å²) in [6.07, 6.45) is 0. The van der Waals surface area contributed by atoms with Crippen LogP contribution in [0.3, 0.4) is 0 Å². The minimum Gasteiger partial charge on any atom is -0.478 e. The summed E-state index contributed by atoms with van der Waals surface area (Å²) in [5.74, 6) is -1.08. The van der Waals surface area contributed by atoms with Gasteiger partial charge in [-0.25, -0.2) is 17.5 Å². The zero-order valence-corrected chi connectivity index (χ0v) is 14.5. The molecule has 1 atom stereocenters. The van der Waals surface area contributed by atoms with Gasteiger partial charge in [-0.15, -0.1) is 0 Å². The van der Waals surface area contributed by atoms with E-state index in [1.807, 2.05) is 37.3 Å². The second kappa shape index (κ2) is 7.59. The molecule has 24 heavy (non-hydrogen) atoms. The molecule has 5 nitrogen and oxygen atoms in total. The molecule has 0 bridgehead atoms. The summed E-state index contributed by atoms with van der Waals surface area (Å²) in [5, 5.41) is 8.89. The highest BCUT2D eigenvalue weighted by molar-refractivity contribution is 7.89. The summed E-state index contributed by atoms with van der Waals surface area (Å²) < 4.78 is 26.4. The first-order chi connectivity index (χ1) is 11.3. The highest BCUT2D eigenvalue weighted by Gasteiger charge is 2.22. The van der Waals surface area contributed by atoms with Gasteiger partial charge in [0.2, 0.25) is 10.0 Å². The van der Waals surface area contributed by atoms with Crippen LogP contribution >= 0.6 is 0 Å². The van der Waals surface area contributed by atoms with Crippen molar-refractivity contribution in [1.29, 1.82) is 0 Å². The van der Waals surface area contributed by atoms with Crippen LogP contribution in [0.25, 0.3) is 0 Å². The normalized spacial score (nSPS) is 13.0. The molecule has 0 aliphatic heterocycles. The predicted octanol–water partition coefficient (Wildman–Crippen LogP) is 2.95. The molecule has 1 N–H and O–H groups in total. The minimum atomic E-state index is -3.42. The second-order valence-electron chi connectivity index (χ2n) is 5.85. The fourth-order valence-electron chi connectivity index (χ4n) is 2.43. The number of carboxylic acids is 1. The molecule has 2 rings (SSSR count). The molecule has 1 unspecified atom stereocenters. The van der Waals surface area contributed by atoms with Crippen molar-refractivity contribution in [3.05, 3.63) is 71.3 Å². The number of rotatable bonds is 7. The zero-order chi connectivity index (χ0) is 17.7. The van der Waals surface area contributed by atoms with Gasteiger partial charge in [-0.05, 0) is 29.2 Å². The molecule has 0 aliphatic rings. The molecule has 6 heteroatoms. The van der Waals surface area contributed by atoms with Crippen LogP contribution in [0.4, 0.5) is 0 Å². The monoisotopic (exact) mass is 347 g/mol. The number of hydrogen-bond donors (Lipinski definition) is 1. The number of carboxylic acid groups (broad SMARTS) is 1. The highest BCUT2D eigenvalue weighted by Crippen LogP contribution is 2.19. The van der Waals surface area contributed by atoms with E-state index in [9.17, 15) is 13.2 Å². The van der Waals surface area contributed by atoms with E-state index < -0.39 is 16.0 Å². The van der Waals surface area contributed by atoms with Gasteiger partial charge < -0.3 is 5.11 Å². The van der Waals surface area contributed by atoms with Crippen LogP contribution in [0, 0.1) is 0 Å². The highest BCUT2D eigenvalue weighted by atomic mass is 32.2. The van der Waals surface area contributed by atoms with Crippen molar-refractivity contribution in [2.75, 3.05) is 12.8 Å². The Labute approximate surface area is 142 Å². The molecule has 0 aromatic heterocycles. The summed E-state index contributed by atoms with van der Waals surface area (Å²) in [7, 11) is -1.88. The quantitative estimate of drug-likeness (QED) is 0.835. The van der Waals surface area contributed by atoms with Gasteiger partial charge in [0, 0.05) is 13.6 Å². The maximum absolute atomic E-state index is 12.5. The van der Waals surface area contributed by atoms with E-state index in [4.69, 9.17) is 5.11 Å². The second-order valence-corrected chi connectivity index (χ2v) is 7.97. The molecule has 0 aliphatic carbocycles.